The summed E-state index contributed by atoms with van der Waals surface area (Å²) >= 11 is 0. The zero-order chi connectivity index (χ0) is 18.1. The second kappa shape index (κ2) is 6.64. The fourth-order valence-corrected chi connectivity index (χ4v) is 3.88. The summed E-state index contributed by atoms with van der Waals surface area (Å²) in [7, 11) is 0. The smallest absolute Gasteiger partial charge is 0.228 e. The molecule has 0 radical (unpaired) electrons. The number of aromatic nitrogens is 3. The van der Waals surface area contributed by atoms with E-state index in [0.717, 1.165) is 41.8 Å². The summed E-state index contributed by atoms with van der Waals surface area (Å²) < 4.78 is 6.15. The minimum Gasteiger partial charge on any atom is -0.368 e. The number of rotatable bonds is 2. The molecule has 0 bridgehead atoms. The van der Waals surface area contributed by atoms with Gasteiger partial charge in [0.1, 0.15) is 5.60 Å². The van der Waals surface area contributed by atoms with E-state index in [1.165, 1.54) is 0 Å². The topological polar surface area (TPSA) is 94.2 Å². The molecule has 1 fully saturated rings. The van der Waals surface area contributed by atoms with Crippen molar-refractivity contribution in [2.75, 3.05) is 25.4 Å². The Kier molecular flexibility index (Phi) is 4.32. The molecule has 1 saturated heterocycles. The molecule has 4 heterocycles. The van der Waals surface area contributed by atoms with E-state index in [-0.39, 0.29) is 11.9 Å². The molecule has 0 unspecified atom stereocenters. The lowest BCUT2D eigenvalue weighted by Gasteiger charge is -2.44. The summed E-state index contributed by atoms with van der Waals surface area (Å²) in [6, 6.07) is 3.90. The van der Waals surface area contributed by atoms with Crippen molar-refractivity contribution in [1.82, 2.24) is 19.9 Å². The van der Waals surface area contributed by atoms with Crippen molar-refractivity contribution < 1.29 is 9.53 Å². The number of nitrogen functional groups attached to an aromatic ring is 1. The molecule has 1 amide bonds. The van der Waals surface area contributed by atoms with Crippen molar-refractivity contribution in [3.05, 3.63) is 47.0 Å². The van der Waals surface area contributed by atoms with Crippen LogP contribution in [0, 0.1) is 6.92 Å². The maximum absolute atomic E-state index is 12.6. The third kappa shape index (κ3) is 3.14. The van der Waals surface area contributed by atoms with Crippen molar-refractivity contribution >= 4 is 11.9 Å². The number of carbonyl (C=O) groups is 1. The van der Waals surface area contributed by atoms with Gasteiger partial charge in [0, 0.05) is 31.2 Å². The Bertz CT molecular complexity index is 830. The van der Waals surface area contributed by atoms with Crippen LogP contribution < -0.4 is 5.73 Å². The molecule has 7 heteroatoms. The number of aryl methyl sites for hydroxylation is 1. The van der Waals surface area contributed by atoms with Gasteiger partial charge in [-0.3, -0.25) is 9.78 Å². The molecule has 2 aliphatic rings. The van der Waals surface area contributed by atoms with Gasteiger partial charge in [-0.2, -0.15) is 0 Å². The first kappa shape index (κ1) is 16.9. The van der Waals surface area contributed by atoms with Crippen LogP contribution in [0.3, 0.4) is 0 Å². The van der Waals surface area contributed by atoms with E-state index in [9.17, 15) is 4.79 Å². The Hall–Kier alpha value is -2.54. The molecule has 4 rings (SSSR count). The van der Waals surface area contributed by atoms with E-state index in [2.05, 4.69) is 15.0 Å². The highest BCUT2D eigenvalue weighted by Gasteiger charge is 2.43. The van der Waals surface area contributed by atoms with Gasteiger partial charge in [0.2, 0.25) is 11.9 Å². The first-order chi connectivity index (χ1) is 12.6. The van der Waals surface area contributed by atoms with Gasteiger partial charge in [-0.15, -0.1) is 0 Å². The summed E-state index contributed by atoms with van der Waals surface area (Å²) in [5.74, 6) is 0.383. The fraction of sp³-hybridized carbons (Fsp3) is 0.474. The number of amides is 1. The fourth-order valence-electron chi connectivity index (χ4n) is 3.88. The Morgan fingerprint density at radius 1 is 1.35 bits per heavy atom. The number of hydrogen-bond donors (Lipinski definition) is 1. The van der Waals surface area contributed by atoms with Crippen molar-refractivity contribution in [1.29, 1.82) is 0 Å². The van der Waals surface area contributed by atoms with Gasteiger partial charge in [-0.05, 0) is 49.4 Å². The lowest BCUT2D eigenvalue weighted by molar-refractivity contribution is -0.140. The lowest BCUT2D eigenvalue weighted by atomic mass is 9.83. The van der Waals surface area contributed by atoms with Crippen LogP contribution in [0.2, 0.25) is 0 Å². The van der Waals surface area contributed by atoms with E-state index in [4.69, 9.17) is 10.5 Å². The van der Waals surface area contributed by atoms with E-state index in [0.29, 0.717) is 26.1 Å². The highest BCUT2D eigenvalue weighted by atomic mass is 16.5. The van der Waals surface area contributed by atoms with Gasteiger partial charge in [-0.25, -0.2) is 9.97 Å². The van der Waals surface area contributed by atoms with Crippen LogP contribution in [-0.2, 0) is 28.0 Å². The number of likely N-dealkylation sites (tertiary alicyclic amines) is 1. The highest BCUT2D eigenvalue weighted by Crippen LogP contribution is 2.40. The largest absolute Gasteiger partial charge is 0.368 e. The average Bonchev–Trinajstić information content (AvgIpc) is 2.63. The Morgan fingerprint density at radius 2 is 2.15 bits per heavy atom. The molecule has 1 spiro atoms. The van der Waals surface area contributed by atoms with E-state index in [1.807, 2.05) is 30.2 Å². The minimum absolute atomic E-state index is 0.108. The predicted octanol–water partition coefficient (Wildman–Crippen LogP) is 1.40. The molecular weight excluding hydrogens is 330 g/mol. The third-order valence-electron chi connectivity index (χ3n) is 5.29. The van der Waals surface area contributed by atoms with Gasteiger partial charge >= 0.3 is 0 Å². The molecule has 0 atom stereocenters. The van der Waals surface area contributed by atoms with Gasteiger partial charge in [0.25, 0.3) is 0 Å². The number of nitrogens with two attached hydrogens (primary N) is 1. The first-order valence-corrected chi connectivity index (χ1v) is 9.01. The van der Waals surface area contributed by atoms with E-state index >= 15 is 0 Å². The van der Waals surface area contributed by atoms with Crippen molar-refractivity contribution in [2.45, 2.75) is 38.2 Å². The molecule has 7 nitrogen and oxygen atoms in total. The van der Waals surface area contributed by atoms with Gasteiger partial charge in [-0.1, -0.05) is 0 Å². The first-order valence-electron chi connectivity index (χ1n) is 9.01. The molecule has 2 aliphatic heterocycles. The van der Waals surface area contributed by atoms with E-state index < -0.39 is 5.60 Å². The van der Waals surface area contributed by atoms with Crippen molar-refractivity contribution in [3.63, 3.8) is 0 Å². The third-order valence-corrected chi connectivity index (χ3v) is 5.29. The number of nitrogens with zero attached hydrogens (tertiary/aromatic N) is 4. The molecule has 0 aromatic carbocycles. The van der Waals surface area contributed by atoms with Crippen LogP contribution in [0.5, 0.6) is 0 Å². The zero-order valence-electron chi connectivity index (χ0n) is 14.9. The number of anilines is 1. The standard InChI is InChI=1S/C19H23N5O2/c1-13-2-6-21-15(10-13)11-16(25)24-7-4-19(5-8-24)17-14(3-9-26-19)12-22-18(20)23-17/h2,6,10,12H,3-5,7-9,11H2,1H3,(H2,20,22,23). The van der Waals surface area contributed by atoms with Crippen LogP contribution >= 0.6 is 0 Å². The molecule has 0 saturated carbocycles. The number of carbonyl (C=O) groups excluding carboxylic acids is 1. The summed E-state index contributed by atoms with van der Waals surface area (Å²) in [6.45, 7) is 3.95. The van der Waals surface area contributed by atoms with E-state index in [1.54, 1.807) is 6.20 Å². The monoisotopic (exact) mass is 353 g/mol. The lowest BCUT2D eigenvalue weighted by Crippen LogP contribution is -2.49. The van der Waals surface area contributed by atoms with Crippen molar-refractivity contribution in [3.8, 4) is 0 Å². The second-order valence-electron chi connectivity index (χ2n) is 7.08. The summed E-state index contributed by atoms with van der Waals surface area (Å²) in [6.07, 6.45) is 6.15. The Labute approximate surface area is 152 Å². The Morgan fingerprint density at radius 3 is 2.92 bits per heavy atom. The van der Waals surface area contributed by atoms with Crippen LogP contribution in [0.4, 0.5) is 5.95 Å². The van der Waals surface area contributed by atoms with Gasteiger partial charge < -0.3 is 15.4 Å². The number of ether oxygens (including phenoxy) is 1. The Balaban J connectivity index is 1.46. The van der Waals surface area contributed by atoms with Gasteiger partial charge in [0.15, 0.2) is 0 Å². The number of hydrogen-bond acceptors (Lipinski definition) is 6. The van der Waals surface area contributed by atoms with Gasteiger partial charge in [0.05, 0.1) is 18.7 Å². The number of piperidine rings is 1. The van der Waals surface area contributed by atoms with Crippen LogP contribution in [-0.4, -0.2) is 45.5 Å². The SMILES string of the molecule is Cc1ccnc(CC(=O)N2CCC3(CC2)OCCc2cnc(N)nc23)c1. The van der Waals surface area contributed by atoms with Crippen LogP contribution in [0.15, 0.2) is 24.5 Å². The molecule has 2 N–H and O–H groups in total. The highest BCUT2D eigenvalue weighted by molar-refractivity contribution is 5.78. The summed E-state index contributed by atoms with van der Waals surface area (Å²) in [4.78, 5) is 27.4. The summed E-state index contributed by atoms with van der Waals surface area (Å²) in [5, 5.41) is 0. The summed E-state index contributed by atoms with van der Waals surface area (Å²) in [5.41, 5.74) is 9.30. The average molecular weight is 353 g/mol. The zero-order valence-corrected chi connectivity index (χ0v) is 14.9. The molecule has 136 valence electrons. The quantitative estimate of drug-likeness (QED) is 0.877. The minimum atomic E-state index is -0.441. The normalized spacial score (nSPS) is 18.6. The molecular formula is C19H23N5O2. The maximum Gasteiger partial charge on any atom is 0.228 e. The molecule has 2 aromatic rings. The van der Waals surface area contributed by atoms with Crippen LogP contribution in [0.25, 0.3) is 0 Å². The molecule has 2 aromatic heterocycles. The van der Waals surface area contributed by atoms with Crippen LogP contribution in [0.1, 0.15) is 35.4 Å². The molecule has 0 aliphatic carbocycles. The second-order valence-corrected chi connectivity index (χ2v) is 7.08. The molecule has 26 heavy (non-hydrogen) atoms. The predicted molar refractivity (Wildman–Crippen MR) is 96.3 cm³/mol. The van der Waals surface area contributed by atoms with Crippen molar-refractivity contribution in [2.24, 2.45) is 0 Å². The maximum atomic E-state index is 12.6. The number of fused-ring (bicyclic) bond motifs is 2. The number of pyridine rings is 1.